The van der Waals surface area contributed by atoms with E-state index in [0.717, 1.165) is 19.4 Å². The maximum absolute atomic E-state index is 12.6. The summed E-state index contributed by atoms with van der Waals surface area (Å²) in [6.45, 7) is 4.74. The fraction of sp³-hybridized carbons (Fsp3) is 0.533. The minimum Gasteiger partial charge on any atom is -0.508 e. The first kappa shape index (κ1) is 12.9. The molecule has 98 valence electrons. The van der Waals surface area contributed by atoms with Crippen LogP contribution in [-0.4, -0.2) is 28.5 Å². The molecule has 0 radical (unpaired) electrons. The van der Waals surface area contributed by atoms with E-state index >= 15 is 0 Å². The maximum Gasteiger partial charge on any atom is 0.254 e. The van der Waals surface area contributed by atoms with E-state index in [-0.39, 0.29) is 11.7 Å². The van der Waals surface area contributed by atoms with E-state index in [2.05, 4.69) is 6.92 Å². The van der Waals surface area contributed by atoms with Gasteiger partial charge in [0.1, 0.15) is 5.75 Å². The lowest BCUT2D eigenvalue weighted by Crippen LogP contribution is -2.38. The smallest absolute Gasteiger partial charge is 0.254 e. The van der Waals surface area contributed by atoms with E-state index < -0.39 is 0 Å². The van der Waals surface area contributed by atoms with Crippen molar-refractivity contribution in [3.63, 3.8) is 0 Å². The summed E-state index contributed by atoms with van der Waals surface area (Å²) in [6, 6.07) is 5.45. The lowest BCUT2D eigenvalue weighted by atomic mass is 10.1. The van der Waals surface area contributed by atoms with Gasteiger partial charge in [0.05, 0.1) is 0 Å². The zero-order chi connectivity index (χ0) is 13.1. The van der Waals surface area contributed by atoms with Crippen LogP contribution >= 0.6 is 0 Å². The van der Waals surface area contributed by atoms with Gasteiger partial charge in [-0.05, 0) is 38.8 Å². The first-order valence-corrected chi connectivity index (χ1v) is 6.71. The molecule has 1 aromatic carbocycles. The predicted molar refractivity (Wildman–Crippen MR) is 71.8 cm³/mol. The number of carbonyl (C=O) groups excluding carboxylic acids is 1. The van der Waals surface area contributed by atoms with Crippen molar-refractivity contribution in [2.24, 2.45) is 0 Å². The summed E-state index contributed by atoms with van der Waals surface area (Å²) in [5.74, 6) is 0.251. The Balaban J connectivity index is 2.26. The van der Waals surface area contributed by atoms with E-state index in [1.165, 1.54) is 12.8 Å². The number of likely N-dealkylation sites (tertiary alicyclic amines) is 1. The number of hydrogen-bond acceptors (Lipinski definition) is 2. The number of phenols is 1. The summed E-state index contributed by atoms with van der Waals surface area (Å²) in [5, 5.41) is 9.70. The number of amides is 1. The number of rotatable bonds is 1. The molecule has 1 atom stereocenters. The van der Waals surface area contributed by atoms with Crippen molar-refractivity contribution in [2.45, 2.75) is 45.6 Å². The molecule has 1 amide bonds. The van der Waals surface area contributed by atoms with Gasteiger partial charge in [-0.15, -0.1) is 0 Å². The molecule has 0 bridgehead atoms. The van der Waals surface area contributed by atoms with Crippen molar-refractivity contribution < 1.29 is 9.90 Å². The molecule has 0 aliphatic carbocycles. The topological polar surface area (TPSA) is 40.5 Å². The van der Waals surface area contributed by atoms with Crippen molar-refractivity contribution >= 4 is 5.91 Å². The van der Waals surface area contributed by atoms with E-state index in [1.54, 1.807) is 25.1 Å². The van der Waals surface area contributed by atoms with Gasteiger partial charge < -0.3 is 10.0 Å². The quantitative estimate of drug-likeness (QED) is 0.828. The average molecular weight is 247 g/mol. The minimum atomic E-state index is 0.0535. The number of hydrogen-bond donors (Lipinski definition) is 1. The van der Waals surface area contributed by atoms with Gasteiger partial charge in [-0.25, -0.2) is 0 Å². The largest absolute Gasteiger partial charge is 0.508 e. The summed E-state index contributed by atoms with van der Waals surface area (Å²) in [4.78, 5) is 14.5. The molecule has 1 fully saturated rings. The van der Waals surface area contributed by atoms with Crippen LogP contribution in [-0.2, 0) is 0 Å². The van der Waals surface area contributed by atoms with Gasteiger partial charge in [0.2, 0.25) is 0 Å². The Kier molecular flexibility index (Phi) is 3.90. The Hall–Kier alpha value is -1.51. The number of aromatic hydroxyl groups is 1. The van der Waals surface area contributed by atoms with Gasteiger partial charge >= 0.3 is 0 Å². The molecule has 1 aliphatic rings. The summed E-state index contributed by atoms with van der Waals surface area (Å²) < 4.78 is 0. The fourth-order valence-electron chi connectivity index (χ4n) is 2.59. The summed E-state index contributed by atoms with van der Waals surface area (Å²) in [5.41, 5.74) is 1.31. The van der Waals surface area contributed by atoms with Crippen LogP contribution in [0.25, 0.3) is 0 Å². The van der Waals surface area contributed by atoms with Crippen molar-refractivity contribution in [1.29, 1.82) is 0 Å². The van der Waals surface area contributed by atoms with Crippen LogP contribution in [0, 0.1) is 6.92 Å². The molecule has 2 rings (SSSR count). The summed E-state index contributed by atoms with van der Waals surface area (Å²) in [7, 11) is 0. The Labute approximate surface area is 108 Å². The highest BCUT2D eigenvalue weighted by atomic mass is 16.3. The number of phenolic OH excluding ortho intramolecular Hbond substituents is 1. The highest BCUT2D eigenvalue weighted by molar-refractivity contribution is 5.96. The SMILES string of the molecule is Cc1c(O)cccc1C(=O)N1CCCCCC1C. The molecule has 3 nitrogen and oxygen atoms in total. The normalized spacial score (nSPS) is 20.6. The first-order valence-electron chi connectivity index (χ1n) is 6.71. The second-order valence-electron chi connectivity index (χ2n) is 5.15. The van der Waals surface area contributed by atoms with E-state index in [1.807, 2.05) is 4.90 Å². The van der Waals surface area contributed by atoms with Crippen LogP contribution in [0.1, 0.15) is 48.5 Å². The molecule has 1 heterocycles. The third kappa shape index (κ3) is 2.50. The monoisotopic (exact) mass is 247 g/mol. The van der Waals surface area contributed by atoms with Crippen molar-refractivity contribution in [3.05, 3.63) is 29.3 Å². The van der Waals surface area contributed by atoms with E-state index in [4.69, 9.17) is 0 Å². The molecule has 1 saturated heterocycles. The van der Waals surface area contributed by atoms with Gasteiger partial charge in [0.15, 0.2) is 0 Å². The lowest BCUT2D eigenvalue weighted by Gasteiger charge is -2.28. The Morgan fingerprint density at radius 1 is 1.33 bits per heavy atom. The Morgan fingerprint density at radius 3 is 2.89 bits per heavy atom. The Morgan fingerprint density at radius 2 is 2.11 bits per heavy atom. The van der Waals surface area contributed by atoms with Crippen molar-refractivity contribution in [1.82, 2.24) is 4.90 Å². The van der Waals surface area contributed by atoms with Crippen molar-refractivity contribution in [3.8, 4) is 5.75 Å². The standard InChI is InChI=1S/C15H21NO2/c1-11-7-4-3-5-10-16(11)15(18)13-8-6-9-14(17)12(13)2/h6,8-9,11,17H,3-5,7,10H2,1-2H3. The fourth-order valence-corrected chi connectivity index (χ4v) is 2.59. The van der Waals surface area contributed by atoms with E-state index in [9.17, 15) is 9.90 Å². The van der Waals surface area contributed by atoms with Gasteiger partial charge in [-0.1, -0.05) is 18.9 Å². The van der Waals surface area contributed by atoms with Gasteiger partial charge in [0, 0.05) is 23.7 Å². The van der Waals surface area contributed by atoms with Crippen molar-refractivity contribution in [2.75, 3.05) is 6.54 Å². The third-order valence-electron chi connectivity index (χ3n) is 3.85. The molecular weight excluding hydrogens is 226 g/mol. The average Bonchev–Trinajstić information content (AvgIpc) is 2.57. The molecule has 1 aromatic rings. The molecule has 18 heavy (non-hydrogen) atoms. The molecule has 1 aliphatic heterocycles. The lowest BCUT2D eigenvalue weighted by molar-refractivity contribution is 0.0696. The Bertz CT molecular complexity index is 442. The highest BCUT2D eigenvalue weighted by Crippen LogP contribution is 2.24. The molecule has 3 heteroatoms. The second-order valence-corrected chi connectivity index (χ2v) is 5.15. The number of carbonyl (C=O) groups is 1. The van der Waals surface area contributed by atoms with Crippen LogP contribution in [0.2, 0.25) is 0 Å². The molecule has 0 spiro atoms. The third-order valence-corrected chi connectivity index (χ3v) is 3.85. The second kappa shape index (κ2) is 5.42. The predicted octanol–water partition coefficient (Wildman–Crippen LogP) is 3.11. The van der Waals surface area contributed by atoms with Gasteiger partial charge in [-0.2, -0.15) is 0 Å². The molecule has 0 saturated carbocycles. The van der Waals surface area contributed by atoms with Crippen LogP contribution in [0.5, 0.6) is 5.75 Å². The summed E-state index contributed by atoms with van der Waals surface area (Å²) in [6.07, 6.45) is 4.55. The number of benzene rings is 1. The van der Waals surface area contributed by atoms with Crippen LogP contribution in [0.4, 0.5) is 0 Å². The highest BCUT2D eigenvalue weighted by Gasteiger charge is 2.24. The van der Waals surface area contributed by atoms with Crippen LogP contribution < -0.4 is 0 Å². The van der Waals surface area contributed by atoms with Crippen LogP contribution in [0.15, 0.2) is 18.2 Å². The first-order chi connectivity index (χ1) is 8.61. The zero-order valence-corrected chi connectivity index (χ0v) is 11.1. The molecule has 1 unspecified atom stereocenters. The molecular formula is C15H21NO2. The summed E-state index contributed by atoms with van der Waals surface area (Å²) >= 11 is 0. The molecule has 1 N–H and O–H groups in total. The maximum atomic E-state index is 12.6. The van der Waals surface area contributed by atoms with Gasteiger partial charge in [-0.3, -0.25) is 4.79 Å². The minimum absolute atomic E-state index is 0.0535. The zero-order valence-electron chi connectivity index (χ0n) is 11.1. The number of nitrogens with zero attached hydrogens (tertiary/aromatic N) is 1. The van der Waals surface area contributed by atoms with Gasteiger partial charge in [0.25, 0.3) is 5.91 Å². The molecule has 0 aromatic heterocycles. The van der Waals surface area contributed by atoms with Crippen LogP contribution in [0.3, 0.4) is 0 Å². The van der Waals surface area contributed by atoms with E-state index in [0.29, 0.717) is 17.2 Å².